The number of aryl methyl sites for hydroxylation is 2. The highest BCUT2D eigenvalue weighted by Gasteiger charge is 2.18. The number of para-hydroxylation sites is 1. The Morgan fingerprint density at radius 3 is 2.64 bits per heavy atom. The van der Waals surface area contributed by atoms with Crippen molar-refractivity contribution < 1.29 is 9.53 Å². The number of thioether (sulfide) groups is 1. The van der Waals surface area contributed by atoms with Gasteiger partial charge in [-0.3, -0.25) is 23.3 Å². The highest BCUT2D eigenvalue weighted by molar-refractivity contribution is 7.99. The molecule has 2 aromatic carbocycles. The van der Waals surface area contributed by atoms with Gasteiger partial charge in [0.15, 0.2) is 11.2 Å². The number of amides is 1. The fraction of sp³-hybridized carbons (Fsp3) is 0.167. The fourth-order valence-electron chi connectivity index (χ4n) is 3.69. The van der Waals surface area contributed by atoms with Gasteiger partial charge in [-0.15, -0.1) is 5.10 Å². The number of aromatic nitrogens is 8. The molecular formula is C24H22N10O4S. The maximum atomic E-state index is 12.6. The summed E-state index contributed by atoms with van der Waals surface area (Å²) in [6.45, 7) is 0. The second-order valence-corrected chi connectivity index (χ2v) is 9.24. The minimum Gasteiger partial charge on any atom is -0.425 e. The molecule has 0 unspecified atom stereocenters. The first-order valence-electron chi connectivity index (χ1n) is 11.5. The molecule has 1 N–H and O–H groups in total. The molecule has 39 heavy (non-hydrogen) atoms. The predicted octanol–water partition coefficient (Wildman–Crippen LogP) is 0.981. The molecule has 0 fully saturated rings. The van der Waals surface area contributed by atoms with Crippen molar-refractivity contribution >= 4 is 35.0 Å². The number of hydrogen-bond acceptors (Lipinski definition) is 10. The molecule has 5 aromatic rings. The van der Waals surface area contributed by atoms with Crippen LogP contribution in [-0.2, 0) is 25.9 Å². The molecule has 0 aliphatic heterocycles. The number of hydrazone groups is 1. The largest absolute Gasteiger partial charge is 0.425 e. The van der Waals surface area contributed by atoms with Gasteiger partial charge in [-0.25, -0.2) is 10.2 Å². The van der Waals surface area contributed by atoms with Crippen LogP contribution < -0.4 is 21.4 Å². The first-order valence-corrected chi connectivity index (χ1v) is 12.5. The summed E-state index contributed by atoms with van der Waals surface area (Å²) < 4.78 is 11.2. The van der Waals surface area contributed by atoms with E-state index in [0.717, 1.165) is 10.3 Å². The summed E-state index contributed by atoms with van der Waals surface area (Å²) in [4.78, 5) is 41.4. The lowest BCUT2D eigenvalue weighted by molar-refractivity contribution is -0.118. The van der Waals surface area contributed by atoms with E-state index >= 15 is 0 Å². The summed E-state index contributed by atoms with van der Waals surface area (Å²) in [7, 11) is 4.58. The van der Waals surface area contributed by atoms with Crippen LogP contribution in [0, 0.1) is 0 Å². The van der Waals surface area contributed by atoms with E-state index in [-0.39, 0.29) is 28.8 Å². The third kappa shape index (κ3) is 5.19. The lowest BCUT2D eigenvalue weighted by Gasteiger charge is -2.06. The molecule has 198 valence electrons. The molecule has 14 nitrogen and oxygen atoms in total. The highest BCUT2D eigenvalue weighted by atomic mass is 32.2. The van der Waals surface area contributed by atoms with Gasteiger partial charge in [0.05, 0.1) is 17.7 Å². The van der Waals surface area contributed by atoms with Gasteiger partial charge < -0.3 is 4.74 Å². The van der Waals surface area contributed by atoms with Crippen molar-refractivity contribution in [2.45, 2.75) is 5.16 Å². The summed E-state index contributed by atoms with van der Waals surface area (Å²) in [5, 5.41) is 16.1. The van der Waals surface area contributed by atoms with Crippen molar-refractivity contribution in [1.29, 1.82) is 0 Å². The molecule has 0 bridgehead atoms. The van der Waals surface area contributed by atoms with Crippen LogP contribution in [-0.4, -0.2) is 56.8 Å². The first kappa shape index (κ1) is 25.6. The molecule has 1 amide bonds. The van der Waals surface area contributed by atoms with Crippen molar-refractivity contribution in [2.24, 2.45) is 26.2 Å². The zero-order valence-corrected chi connectivity index (χ0v) is 21.9. The van der Waals surface area contributed by atoms with E-state index in [1.165, 1.54) is 41.2 Å². The lowest BCUT2D eigenvalue weighted by atomic mass is 10.2. The molecule has 5 rings (SSSR count). The van der Waals surface area contributed by atoms with Crippen molar-refractivity contribution in [3.63, 3.8) is 0 Å². The highest BCUT2D eigenvalue weighted by Crippen LogP contribution is 2.23. The second-order valence-electron chi connectivity index (χ2n) is 8.30. The predicted molar refractivity (Wildman–Crippen MR) is 143 cm³/mol. The quantitative estimate of drug-likeness (QED) is 0.170. The summed E-state index contributed by atoms with van der Waals surface area (Å²) in [6.07, 6.45) is 1.47. The first-order chi connectivity index (χ1) is 18.8. The average Bonchev–Trinajstić information content (AvgIpc) is 3.55. The Morgan fingerprint density at radius 1 is 1.05 bits per heavy atom. The zero-order chi connectivity index (χ0) is 27.5. The SMILES string of the molecule is Cn1c(=O)c2c(nc(Oc3cccc(/C=N/NC(=O)CSc4nnnn4-c4ccccc4)c3)n2C)n(C)c1=O. The van der Waals surface area contributed by atoms with E-state index in [2.05, 4.69) is 31.0 Å². The number of benzene rings is 2. The Kier molecular flexibility index (Phi) is 7.05. The van der Waals surface area contributed by atoms with Gasteiger partial charge in [0.2, 0.25) is 5.16 Å². The summed E-state index contributed by atoms with van der Waals surface area (Å²) in [5.41, 5.74) is 3.42. The number of carbonyl (C=O) groups is 1. The van der Waals surface area contributed by atoms with E-state index in [1.54, 1.807) is 36.0 Å². The Morgan fingerprint density at radius 2 is 1.85 bits per heavy atom. The Bertz CT molecular complexity index is 1820. The second kappa shape index (κ2) is 10.7. The summed E-state index contributed by atoms with van der Waals surface area (Å²) in [5.74, 6) is 0.148. The lowest BCUT2D eigenvalue weighted by Crippen LogP contribution is -2.37. The van der Waals surface area contributed by atoms with Crippen LogP contribution in [0.25, 0.3) is 16.9 Å². The molecule has 0 spiro atoms. The molecule has 15 heteroatoms. The smallest absolute Gasteiger partial charge is 0.332 e. The summed E-state index contributed by atoms with van der Waals surface area (Å²) in [6, 6.07) is 16.4. The minimum atomic E-state index is -0.481. The Hall–Kier alpha value is -5.05. The molecule has 0 saturated heterocycles. The van der Waals surface area contributed by atoms with Crippen LogP contribution >= 0.6 is 11.8 Å². The van der Waals surface area contributed by atoms with Crippen LogP contribution in [0.1, 0.15) is 5.56 Å². The van der Waals surface area contributed by atoms with E-state index < -0.39 is 11.2 Å². The molecule has 0 atom stereocenters. The maximum absolute atomic E-state index is 12.6. The Balaban J connectivity index is 1.23. The molecular weight excluding hydrogens is 524 g/mol. The van der Waals surface area contributed by atoms with Gasteiger partial charge in [0.25, 0.3) is 11.5 Å². The van der Waals surface area contributed by atoms with Crippen molar-refractivity contribution in [3.05, 3.63) is 81.0 Å². The molecule has 0 radical (unpaired) electrons. The Labute approximate surface area is 224 Å². The third-order valence-electron chi connectivity index (χ3n) is 5.68. The van der Waals surface area contributed by atoms with Gasteiger partial charge in [-0.2, -0.15) is 14.8 Å². The number of imidazole rings is 1. The summed E-state index contributed by atoms with van der Waals surface area (Å²) >= 11 is 1.18. The monoisotopic (exact) mass is 546 g/mol. The van der Waals surface area contributed by atoms with Gasteiger partial charge in [-0.1, -0.05) is 42.1 Å². The van der Waals surface area contributed by atoms with Crippen LogP contribution in [0.15, 0.2) is 74.4 Å². The maximum Gasteiger partial charge on any atom is 0.332 e. The van der Waals surface area contributed by atoms with Crippen LogP contribution in [0.5, 0.6) is 11.8 Å². The van der Waals surface area contributed by atoms with Crippen molar-refractivity contribution in [3.8, 4) is 17.4 Å². The third-order valence-corrected chi connectivity index (χ3v) is 6.60. The fourth-order valence-corrected chi connectivity index (χ4v) is 4.38. The number of carbonyl (C=O) groups excluding carboxylic acids is 1. The van der Waals surface area contributed by atoms with E-state index in [1.807, 2.05) is 30.3 Å². The number of ether oxygens (including phenoxy) is 1. The minimum absolute atomic E-state index is 0.0579. The van der Waals surface area contributed by atoms with E-state index in [0.29, 0.717) is 16.5 Å². The number of nitrogens with one attached hydrogen (secondary N) is 1. The molecule has 3 heterocycles. The van der Waals surface area contributed by atoms with Crippen LogP contribution in [0.2, 0.25) is 0 Å². The molecule has 0 aliphatic rings. The molecule has 0 saturated carbocycles. The number of fused-ring (bicyclic) bond motifs is 1. The van der Waals surface area contributed by atoms with Crippen LogP contribution in [0.4, 0.5) is 0 Å². The number of tetrazole rings is 1. The average molecular weight is 547 g/mol. The molecule has 0 aliphatic carbocycles. The van der Waals surface area contributed by atoms with E-state index in [9.17, 15) is 14.4 Å². The van der Waals surface area contributed by atoms with Gasteiger partial charge in [0.1, 0.15) is 5.75 Å². The normalized spacial score (nSPS) is 11.4. The standard InChI is InChI=1S/C24H22N10O4S/c1-31-19-20(32(2)24(37)33(3)21(19)36)26-22(31)38-17-11-7-8-15(12-17)13-25-27-18(35)14-39-23-28-29-30-34(23)16-9-5-4-6-10-16/h4-13H,14H2,1-3H3,(H,27,35)/b25-13+. The van der Waals surface area contributed by atoms with E-state index in [4.69, 9.17) is 4.74 Å². The number of rotatable bonds is 8. The van der Waals surface area contributed by atoms with Gasteiger partial charge in [0, 0.05) is 21.1 Å². The van der Waals surface area contributed by atoms with Gasteiger partial charge in [-0.05, 0) is 40.3 Å². The van der Waals surface area contributed by atoms with Crippen molar-refractivity contribution in [1.82, 2.24) is 44.3 Å². The number of nitrogens with zero attached hydrogens (tertiary/aromatic N) is 9. The van der Waals surface area contributed by atoms with Gasteiger partial charge >= 0.3 is 11.7 Å². The molecule has 3 aromatic heterocycles. The number of hydrogen-bond donors (Lipinski definition) is 1. The topological polar surface area (TPSA) is 156 Å². The zero-order valence-electron chi connectivity index (χ0n) is 21.0. The van der Waals surface area contributed by atoms with Crippen molar-refractivity contribution in [2.75, 3.05) is 5.75 Å². The van der Waals surface area contributed by atoms with Crippen LogP contribution in [0.3, 0.4) is 0 Å².